The van der Waals surface area contributed by atoms with E-state index in [1.54, 1.807) is 12.1 Å². The lowest BCUT2D eigenvalue weighted by atomic mass is 9.80. The molecule has 4 nitrogen and oxygen atoms in total. The van der Waals surface area contributed by atoms with Crippen molar-refractivity contribution < 1.29 is 14.6 Å². The van der Waals surface area contributed by atoms with Gasteiger partial charge in [-0.1, -0.05) is 0 Å². The fraction of sp³-hybridized carbons (Fsp3) is 0.636. The topological polar surface area (TPSA) is 65.6 Å². The van der Waals surface area contributed by atoms with Crippen LogP contribution in [0.15, 0.2) is 22.8 Å². The normalized spacial score (nSPS) is 20.9. The molecule has 1 aliphatic rings. The smallest absolute Gasteiger partial charge is 0.133 e. The highest BCUT2D eigenvalue weighted by atomic mass is 16.4. The number of aliphatic hydroxyl groups excluding tert-OH is 1. The predicted octanol–water partition coefficient (Wildman–Crippen LogP) is 0.818. The Morgan fingerprint density at radius 3 is 2.87 bits per heavy atom. The monoisotopic (exact) mass is 211 g/mol. The van der Waals surface area contributed by atoms with Crippen molar-refractivity contribution >= 4 is 0 Å². The van der Waals surface area contributed by atoms with E-state index in [4.69, 9.17) is 4.42 Å². The molecule has 1 aromatic rings. The molecule has 0 radical (unpaired) electrons. The molecular formula is C11H17NO3. The first-order chi connectivity index (χ1) is 7.20. The van der Waals surface area contributed by atoms with Crippen LogP contribution in [0.5, 0.6) is 0 Å². The molecule has 0 aliphatic heterocycles. The highest BCUT2D eigenvalue weighted by molar-refractivity contribution is 5.02. The highest BCUT2D eigenvalue weighted by Crippen LogP contribution is 2.30. The van der Waals surface area contributed by atoms with Gasteiger partial charge < -0.3 is 19.9 Å². The van der Waals surface area contributed by atoms with Crippen LogP contribution in [0.2, 0.25) is 0 Å². The van der Waals surface area contributed by atoms with Crippen LogP contribution in [0.3, 0.4) is 0 Å². The van der Waals surface area contributed by atoms with Gasteiger partial charge in [0.2, 0.25) is 0 Å². The molecule has 1 aliphatic carbocycles. The molecule has 0 saturated heterocycles. The van der Waals surface area contributed by atoms with Crippen LogP contribution in [0.1, 0.15) is 31.1 Å². The van der Waals surface area contributed by atoms with Gasteiger partial charge in [0.15, 0.2) is 0 Å². The minimum absolute atomic E-state index is 0.413. The van der Waals surface area contributed by atoms with Crippen molar-refractivity contribution in [1.29, 1.82) is 0 Å². The van der Waals surface area contributed by atoms with E-state index in [1.807, 2.05) is 0 Å². The molecule has 1 heterocycles. The van der Waals surface area contributed by atoms with Gasteiger partial charge in [0, 0.05) is 13.1 Å². The molecule has 4 heteroatoms. The molecule has 0 bridgehead atoms. The van der Waals surface area contributed by atoms with Gasteiger partial charge in [-0.15, -0.1) is 0 Å². The summed E-state index contributed by atoms with van der Waals surface area (Å²) in [6, 6.07) is 3.49. The van der Waals surface area contributed by atoms with E-state index in [0.717, 1.165) is 19.3 Å². The third-order valence-corrected chi connectivity index (χ3v) is 2.95. The molecule has 1 unspecified atom stereocenters. The fourth-order valence-electron chi connectivity index (χ4n) is 1.78. The molecule has 1 atom stereocenters. The minimum atomic E-state index is -0.635. The Kier molecular flexibility index (Phi) is 3.09. The molecule has 2 rings (SSSR count). The van der Waals surface area contributed by atoms with Crippen molar-refractivity contribution in [3.63, 3.8) is 0 Å². The number of furan rings is 1. The van der Waals surface area contributed by atoms with Crippen LogP contribution < -0.4 is 5.32 Å². The third-order valence-electron chi connectivity index (χ3n) is 2.95. The van der Waals surface area contributed by atoms with E-state index in [0.29, 0.717) is 18.8 Å². The van der Waals surface area contributed by atoms with Crippen molar-refractivity contribution in [1.82, 2.24) is 5.32 Å². The van der Waals surface area contributed by atoms with Gasteiger partial charge in [0.05, 0.1) is 11.9 Å². The summed E-state index contributed by atoms with van der Waals surface area (Å²) in [6.45, 7) is 0.959. The van der Waals surface area contributed by atoms with Crippen LogP contribution in [0.4, 0.5) is 0 Å². The fourth-order valence-corrected chi connectivity index (χ4v) is 1.78. The second-order valence-corrected chi connectivity index (χ2v) is 4.24. The van der Waals surface area contributed by atoms with Crippen molar-refractivity contribution in [3.8, 4) is 0 Å². The highest BCUT2D eigenvalue weighted by Gasteiger charge is 2.33. The first-order valence-corrected chi connectivity index (χ1v) is 5.34. The summed E-state index contributed by atoms with van der Waals surface area (Å²) in [7, 11) is 0. The molecule has 1 fully saturated rings. The minimum Gasteiger partial charge on any atom is -0.467 e. The first-order valence-electron chi connectivity index (χ1n) is 5.34. The second kappa shape index (κ2) is 4.35. The van der Waals surface area contributed by atoms with Crippen molar-refractivity contribution in [2.75, 3.05) is 13.1 Å². The van der Waals surface area contributed by atoms with E-state index in [1.165, 1.54) is 6.26 Å². The Morgan fingerprint density at radius 1 is 1.53 bits per heavy atom. The van der Waals surface area contributed by atoms with Gasteiger partial charge in [-0.25, -0.2) is 0 Å². The molecule has 0 spiro atoms. The summed E-state index contributed by atoms with van der Waals surface area (Å²) in [5, 5.41) is 22.5. The largest absolute Gasteiger partial charge is 0.467 e. The summed E-state index contributed by atoms with van der Waals surface area (Å²) < 4.78 is 5.07. The Balaban J connectivity index is 1.69. The van der Waals surface area contributed by atoms with Crippen LogP contribution >= 0.6 is 0 Å². The van der Waals surface area contributed by atoms with Gasteiger partial charge in [0.25, 0.3) is 0 Å². The molecule has 0 amide bonds. The Labute approximate surface area is 88.9 Å². The SMILES string of the molecule is OC(CNCC1(O)CCC1)c1ccco1. The molecule has 15 heavy (non-hydrogen) atoms. The van der Waals surface area contributed by atoms with Crippen molar-refractivity contribution in [3.05, 3.63) is 24.2 Å². The zero-order valence-corrected chi connectivity index (χ0v) is 8.65. The van der Waals surface area contributed by atoms with Crippen molar-refractivity contribution in [2.24, 2.45) is 0 Å². The first kappa shape index (κ1) is 10.7. The quantitative estimate of drug-likeness (QED) is 0.674. The molecule has 84 valence electrons. The van der Waals surface area contributed by atoms with Gasteiger partial charge in [0.1, 0.15) is 11.9 Å². The van der Waals surface area contributed by atoms with Crippen LogP contribution in [0, 0.1) is 0 Å². The number of hydrogen-bond acceptors (Lipinski definition) is 4. The molecular weight excluding hydrogens is 194 g/mol. The van der Waals surface area contributed by atoms with Crippen molar-refractivity contribution in [2.45, 2.75) is 31.0 Å². The Bertz CT molecular complexity index is 293. The summed E-state index contributed by atoms with van der Waals surface area (Å²) in [4.78, 5) is 0. The van der Waals surface area contributed by atoms with Gasteiger partial charge >= 0.3 is 0 Å². The predicted molar refractivity (Wildman–Crippen MR) is 55.3 cm³/mol. The molecule has 1 aromatic heterocycles. The summed E-state index contributed by atoms with van der Waals surface area (Å²) in [6.07, 6.45) is 3.72. The number of nitrogens with one attached hydrogen (secondary N) is 1. The zero-order valence-electron chi connectivity index (χ0n) is 8.65. The van der Waals surface area contributed by atoms with Gasteiger partial charge in [-0.05, 0) is 31.4 Å². The summed E-state index contributed by atoms with van der Waals surface area (Å²) in [5.74, 6) is 0.558. The maximum absolute atomic E-state index is 9.79. The molecule has 0 aromatic carbocycles. The van der Waals surface area contributed by atoms with E-state index < -0.39 is 11.7 Å². The van der Waals surface area contributed by atoms with E-state index in [2.05, 4.69) is 5.32 Å². The van der Waals surface area contributed by atoms with E-state index in [-0.39, 0.29) is 0 Å². The third kappa shape index (κ3) is 2.59. The van der Waals surface area contributed by atoms with Gasteiger partial charge in [-0.2, -0.15) is 0 Å². The zero-order chi connectivity index (χ0) is 10.7. The van der Waals surface area contributed by atoms with Crippen LogP contribution in [-0.2, 0) is 0 Å². The maximum Gasteiger partial charge on any atom is 0.133 e. The molecule has 3 N–H and O–H groups in total. The lowest BCUT2D eigenvalue weighted by Gasteiger charge is -2.36. The summed E-state index contributed by atoms with van der Waals surface area (Å²) >= 11 is 0. The van der Waals surface area contributed by atoms with Gasteiger partial charge in [-0.3, -0.25) is 0 Å². The van der Waals surface area contributed by atoms with Crippen LogP contribution in [0.25, 0.3) is 0 Å². The molecule has 1 saturated carbocycles. The Morgan fingerprint density at radius 2 is 2.33 bits per heavy atom. The van der Waals surface area contributed by atoms with Crippen LogP contribution in [-0.4, -0.2) is 28.9 Å². The second-order valence-electron chi connectivity index (χ2n) is 4.24. The lowest BCUT2D eigenvalue weighted by Crippen LogP contribution is -2.46. The van der Waals surface area contributed by atoms with E-state index in [9.17, 15) is 10.2 Å². The number of hydrogen-bond donors (Lipinski definition) is 3. The maximum atomic E-state index is 9.79. The summed E-state index contributed by atoms with van der Waals surface area (Å²) in [5.41, 5.74) is -0.539. The standard InChI is InChI=1S/C11H17NO3/c13-9(10-3-1-6-15-10)7-12-8-11(14)4-2-5-11/h1,3,6,9,12-14H,2,4-5,7-8H2. The Hall–Kier alpha value is -0.840. The van der Waals surface area contributed by atoms with E-state index >= 15 is 0 Å². The number of aliphatic hydroxyl groups is 2. The average Bonchev–Trinajstić information content (AvgIpc) is 2.67. The number of rotatable bonds is 5. The lowest BCUT2D eigenvalue weighted by molar-refractivity contribution is -0.0331. The average molecular weight is 211 g/mol.